The SMILES string of the molecule is CC1CCC(c2cc[c-]cc2)CC1.[Y]. The van der Waals surface area contributed by atoms with E-state index in [1.165, 1.54) is 31.2 Å². The summed E-state index contributed by atoms with van der Waals surface area (Å²) in [5.74, 6) is 1.78. The fraction of sp³-hybridized carbons (Fsp3) is 0.538. The molecule has 1 aromatic rings. The van der Waals surface area contributed by atoms with Crippen molar-refractivity contribution < 1.29 is 32.7 Å². The van der Waals surface area contributed by atoms with Crippen LogP contribution in [0.4, 0.5) is 0 Å². The van der Waals surface area contributed by atoms with Gasteiger partial charge in [-0.25, -0.2) is 0 Å². The van der Waals surface area contributed by atoms with Gasteiger partial charge in [0.1, 0.15) is 0 Å². The van der Waals surface area contributed by atoms with Gasteiger partial charge in [-0.2, -0.15) is 35.9 Å². The Balaban J connectivity index is 0.000000980. The molecule has 0 saturated heterocycles. The van der Waals surface area contributed by atoms with Gasteiger partial charge in [0.15, 0.2) is 0 Å². The molecule has 73 valence electrons. The van der Waals surface area contributed by atoms with Crippen molar-refractivity contribution in [2.45, 2.75) is 38.5 Å². The Morgan fingerprint density at radius 3 is 2.21 bits per heavy atom. The molecule has 1 heteroatoms. The van der Waals surface area contributed by atoms with Gasteiger partial charge in [-0.05, 0) is 24.7 Å². The van der Waals surface area contributed by atoms with Crippen molar-refractivity contribution in [2.24, 2.45) is 5.92 Å². The summed E-state index contributed by atoms with van der Waals surface area (Å²) < 4.78 is 0. The summed E-state index contributed by atoms with van der Waals surface area (Å²) in [5, 5.41) is 0. The fourth-order valence-corrected chi connectivity index (χ4v) is 2.27. The van der Waals surface area contributed by atoms with E-state index in [-0.39, 0.29) is 32.7 Å². The Bertz CT molecular complexity index is 247. The maximum Gasteiger partial charge on any atom is 0 e. The monoisotopic (exact) mass is 262 g/mol. The summed E-state index contributed by atoms with van der Waals surface area (Å²) in [6.07, 6.45) is 5.57. The molecule has 0 aromatic heterocycles. The van der Waals surface area contributed by atoms with Crippen molar-refractivity contribution in [3.63, 3.8) is 0 Å². The normalized spacial score (nSPS) is 26.6. The number of hydrogen-bond acceptors (Lipinski definition) is 0. The zero-order chi connectivity index (χ0) is 9.10. The van der Waals surface area contributed by atoms with Crippen molar-refractivity contribution >= 4 is 0 Å². The van der Waals surface area contributed by atoms with E-state index in [1.807, 2.05) is 12.1 Å². The Morgan fingerprint density at radius 1 is 1.07 bits per heavy atom. The summed E-state index contributed by atoms with van der Waals surface area (Å²) >= 11 is 0. The van der Waals surface area contributed by atoms with Crippen LogP contribution >= 0.6 is 0 Å². The van der Waals surface area contributed by atoms with Crippen molar-refractivity contribution in [1.82, 2.24) is 0 Å². The number of hydrogen-bond donors (Lipinski definition) is 0. The molecule has 0 N–H and O–H groups in total. The molecule has 14 heavy (non-hydrogen) atoms. The first-order valence-corrected chi connectivity index (χ1v) is 5.32. The minimum Gasteiger partial charge on any atom is -0.184 e. The Hall–Kier alpha value is 0.324. The Labute approximate surface area is 112 Å². The van der Waals surface area contributed by atoms with Gasteiger partial charge in [0.05, 0.1) is 0 Å². The zero-order valence-corrected chi connectivity index (χ0v) is 11.7. The summed E-state index contributed by atoms with van der Waals surface area (Å²) in [5.41, 5.74) is 1.52. The third-order valence-corrected chi connectivity index (χ3v) is 3.23. The number of benzene rings is 1. The van der Waals surface area contributed by atoms with Gasteiger partial charge >= 0.3 is 0 Å². The van der Waals surface area contributed by atoms with Gasteiger partial charge in [-0.15, -0.1) is 0 Å². The van der Waals surface area contributed by atoms with Gasteiger partial charge in [-0.3, -0.25) is 0 Å². The Kier molecular flexibility index (Phi) is 5.34. The molecule has 1 aliphatic rings. The minimum absolute atomic E-state index is 0. The van der Waals surface area contributed by atoms with E-state index < -0.39 is 0 Å². The average Bonchev–Trinajstić information content (AvgIpc) is 2.20. The molecule has 1 saturated carbocycles. The zero-order valence-electron chi connectivity index (χ0n) is 8.87. The first-order valence-electron chi connectivity index (χ1n) is 5.32. The van der Waals surface area contributed by atoms with Crippen molar-refractivity contribution in [2.75, 3.05) is 0 Å². The topological polar surface area (TPSA) is 0 Å². The molecule has 1 radical (unpaired) electrons. The van der Waals surface area contributed by atoms with E-state index in [4.69, 9.17) is 0 Å². The first kappa shape index (κ1) is 12.4. The number of rotatable bonds is 1. The van der Waals surface area contributed by atoms with Crippen LogP contribution in [0.25, 0.3) is 0 Å². The van der Waals surface area contributed by atoms with Crippen LogP contribution in [0.2, 0.25) is 0 Å². The first-order chi connectivity index (χ1) is 6.36. The van der Waals surface area contributed by atoms with Crippen LogP contribution in [0.5, 0.6) is 0 Å². The van der Waals surface area contributed by atoms with Crippen LogP contribution in [-0.4, -0.2) is 0 Å². The maximum absolute atomic E-state index is 3.08. The maximum atomic E-state index is 3.08. The van der Waals surface area contributed by atoms with Crippen LogP contribution < -0.4 is 0 Å². The minimum atomic E-state index is 0. The van der Waals surface area contributed by atoms with Gasteiger partial charge in [0.2, 0.25) is 0 Å². The molecule has 0 aliphatic heterocycles. The summed E-state index contributed by atoms with van der Waals surface area (Å²) in [7, 11) is 0. The van der Waals surface area contributed by atoms with Crippen LogP contribution in [0.15, 0.2) is 24.3 Å². The van der Waals surface area contributed by atoms with E-state index >= 15 is 0 Å². The fourth-order valence-electron chi connectivity index (χ4n) is 2.27. The molecular formula is C13H17Y-. The molecule has 0 amide bonds. The van der Waals surface area contributed by atoms with Gasteiger partial charge < -0.3 is 0 Å². The van der Waals surface area contributed by atoms with Gasteiger partial charge in [0.25, 0.3) is 0 Å². The van der Waals surface area contributed by atoms with Gasteiger partial charge in [-0.1, -0.05) is 19.8 Å². The summed E-state index contributed by atoms with van der Waals surface area (Å²) in [6, 6.07) is 11.6. The third kappa shape index (κ3) is 3.17. The Morgan fingerprint density at radius 2 is 1.64 bits per heavy atom. The van der Waals surface area contributed by atoms with E-state index in [1.54, 1.807) is 0 Å². The predicted octanol–water partition coefficient (Wildman–Crippen LogP) is 3.78. The molecule has 1 aromatic carbocycles. The summed E-state index contributed by atoms with van der Waals surface area (Å²) in [6.45, 7) is 2.37. The molecule has 1 fully saturated rings. The molecule has 0 heterocycles. The second-order valence-electron chi connectivity index (χ2n) is 4.29. The van der Waals surface area contributed by atoms with Crippen molar-refractivity contribution in [1.29, 1.82) is 0 Å². The largest absolute Gasteiger partial charge is 0.184 e. The van der Waals surface area contributed by atoms with Crippen LogP contribution in [0.3, 0.4) is 0 Å². The van der Waals surface area contributed by atoms with Crippen LogP contribution in [0, 0.1) is 12.0 Å². The quantitative estimate of drug-likeness (QED) is 0.676. The van der Waals surface area contributed by atoms with Crippen molar-refractivity contribution in [3.05, 3.63) is 35.9 Å². The summed E-state index contributed by atoms with van der Waals surface area (Å²) in [4.78, 5) is 0. The van der Waals surface area contributed by atoms with E-state index in [9.17, 15) is 0 Å². The molecule has 0 atom stereocenters. The molecule has 0 nitrogen and oxygen atoms in total. The predicted molar refractivity (Wildman–Crippen MR) is 55.7 cm³/mol. The van der Waals surface area contributed by atoms with Crippen molar-refractivity contribution in [3.8, 4) is 0 Å². The molecule has 1 aliphatic carbocycles. The molecular weight excluding hydrogens is 245 g/mol. The average molecular weight is 262 g/mol. The van der Waals surface area contributed by atoms with Crippen LogP contribution in [0.1, 0.15) is 44.1 Å². The van der Waals surface area contributed by atoms with E-state index in [0.29, 0.717) is 0 Å². The second-order valence-corrected chi connectivity index (χ2v) is 4.29. The molecule has 0 unspecified atom stereocenters. The van der Waals surface area contributed by atoms with Crippen LogP contribution in [-0.2, 0) is 32.7 Å². The second kappa shape index (κ2) is 6.03. The standard InChI is InChI=1S/C13H17.Y/c1-11-7-9-13(10-8-11)12-5-3-2-4-6-12;/h3-6,11,13H,7-10H2,1H3;/q-1;. The van der Waals surface area contributed by atoms with E-state index in [0.717, 1.165) is 11.8 Å². The van der Waals surface area contributed by atoms with E-state index in [2.05, 4.69) is 25.1 Å². The smallest absolute Gasteiger partial charge is 0 e. The molecule has 0 spiro atoms. The third-order valence-electron chi connectivity index (χ3n) is 3.23. The molecule has 0 bridgehead atoms. The van der Waals surface area contributed by atoms with Gasteiger partial charge in [0, 0.05) is 32.7 Å². The molecule has 2 rings (SSSR count).